The van der Waals surface area contributed by atoms with E-state index >= 15 is 0 Å². The maximum absolute atomic E-state index is 12.8. The molecule has 162 valence electrons. The summed E-state index contributed by atoms with van der Waals surface area (Å²) in [5.41, 5.74) is 1.41. The van der Waals surface area contributed by atoms with E-state index in [1.54, 1.807) is 57.5 Å². The van der Waals surface area contributed by atoms with Crippen LogP contribution in [0.4, 0.5) is 5.82 Å². The van der Waals surface area contributed by atoms with Crippen LogP contribution in [-0.4, -0.2) is 31.3 Å². The highest BCUT2D eigenvalue weighted by molar-refractivity contribution is 5.95. The minimum atomic E-state index is -1.12. The molecule has 0 radical (unpaired) electrons. The predicted molar refractivity (Wildman–Crippen MR) is 113 cm³/mol. The third-order valence-corrected chi connectivity index (χ3v) is 4.50. The molecule has 1 heterocycles. The van der Waals surface area contributed by atoms with Gasteiger partial charge in [0.2, 0.25) is 6.10 Å². The number of amides is 1. The van der Waals surface area contributed by atoms with Crippen LogP contribution in [0.5, 0.6) is 11.5 Å². The molecule has 0 aliphatic rings. The second-order valence-corrected chi connectivity index (χ2v) is 6.81. The zero-order valence-electron chi connectivity index (χ0n) is 17.6. The Balaban J connectivity index is 1.69. The second kappa shape index (κ2) is 10.3. The number of carbonyl (C=O) groups excluding carboxylic acids is 2. The Morgan fingerprint density at radius 2 is 1.71 bits per heavy atom. The van der Waals surface area contributed by atoms with E-state index in [0.29, 0.717) is 29.2 Å². The number of carbonyl (C=O) groups is 2. The minimum Gasteiger partial charge on any atom is -0.497 e. The number of hydrogen-bond acceptors (Lipinski definition) is 7. The van der Waals surface area contributed by atoms with E-state index in [1.807, 2.05) is 18.2 Å². The van der Waals surface area contributed by atoms with Crippen molar-refractivity contribution < 1.29 is 28.3 Å². The second-order valence-electron chi connectivity index (χ2n) is 6.81. The van der Waals surface area contributed by atoms with E-state index < -0.39 is 18.0 Å². The number of ether oxygens (including phenoxy) is 3. The fourth-order valence-electron chi connectivity index (χ4n) is 2.97. The van der Waals surface area contributed by atoms with Crippen molar-refractivity contribution in [3.8, 4) is 11.5 Å². The Morgan fingerprint density at radius 3 is 2.29 bits per heavy atom. The first-order valence-corrected chi connectivity index (χ1v) is 9.69. The van der Waals surface area contributed by atoms with Crippen molar-refractivity contribution in [3.05, 3.63) is 71.5 Å². The molecular formula is C23H24N2O6. The number of rotatable bonds is 9. The Kier molecular flexibility index (Phi) is 7.26. The van der Waals surface area contributed by atoms with Gasteiger partial charge in [0, 0.05) is 24.1 Å². The van der Waals surface area contributed by atoms with E-state index in [1.165, 1.54) is 0 Å². The average molecular weight is 424 g/mol. The monoisotopic (exact) mass is 424 g/mol. The van der Waals surface area contributed by atoms with Crippen LogP contribution in [0.1, 0.15) is 29.4 Å². The molecule has 0 fully saturated rings. The molecule has 0 aliphatic carbocycles. The van der Waals surface area contributed by atoms with Crippen molar-refractivity contribution in [2.75, 3.05) is 19.5 Å². The van der Waals surface area contributed by atoms with Gasteiger partial charge in [-0.1, -0.05) is 35.5 Å². The standard InChI is InChI=1S/C23H24N2O6/c1-15-11-20(25-31-15)24-23(27)22(17-7-5-4-6-8-17)30-21(26)10-9-16-12-18(28-2)14-19(13-16)29-3/h4-8,11-14,22H,9-10H2,1-3H3,(H,24,25,27). The summed E-state index contributed by atoms with van der Waals surface area (Å²) in [6.07, 6.45) is -0.640. The lowest BCUT2D eigenvalue weighted by Crippen LogP contribution is -2.26. The molecule has 0 spiro atoms. The number of nitrogens with zero attached hydrogens (tertiary/aromatic N) is 1. The van der Waals surface area contributed by atoms with E-state index in [9.17, 15) is 9.59 Å². The summed E-state index contributed by atoms with van der Waals surface area (Å²) < 4.78 is 21.0. The summed E-state index contributed by atoms with van der Waals surface area (Å²) in [7, 11) is 3.12. The topological polar surface area (TPSA) is 99.9 Å². The summed E-state index contributed by atoms with van der Waals surface area (Å²) in [6, 6.07) is 15.8. The molecular weight excluding hydrogens is 400 g/mol. The third kappa shape index (κ3) is 6.08. The maximum atomic E-state index is 12.8. The van der Waals surface area contributed by atoms with Gasteiger partial charge in [-0.25, -0.2) is 0 Å². The molecule has 8 heteroatoms. The molecule has 0 saturated carbocycles. The Morgan fingerprint density at radius 1 is 1.03 bits per heavy atom. The predicted octanol–water partition coefficient (Wildman–Crippen LogP) is 3.86. The number of esters is 1. The number of hydrogen-bond donors (Lipinski definition) is 1. The largest absolute Gasteiger partial charge is 0.497 e. The van der Waals surface area contributed by atoms with Crippen LogP contribution in [0.25, 0.3) is 0 Å². The minimum absolute atomic E-state index is 0.0794. The number of nitrogens with one attached hydrogen (secondary N) is 1. The number of aryl methyl sites for hydroxylation is 2. The molecule has 31 heavy (non-hydrogen) atoms. The zero-order chi connectivity index (χ0) is 22.2. The molecule has 1 amide bonds. The lowest BCUT2D eigenvalue weighted by molar-refractivity contribution is -0.154. The van der Waals surface area contributed by atoms with E-state index in [4.69, 9.17) is 18.7 Å². The molecule has 3 rings (SSSR count). The first-order chi connectivity index (χ1) is 15.0. The van der Waals surface area contributed by atoms with Crippen LogP contribution in [0.15, 0.2) is 59.1 Å². The van der Waals surface area contributed by atoms with Crippen molar-refractivity contribution in [1.82, 2.24) is 5.16 Å². The van der Waals surface area contributed by atoms with E-state index in [-0.39, 0.29) is 12.2 Å². The average Bonchev–Trinajstić information content (AvgIpc) is 3.20. The summed E-state index contributed by atoms with van der Waals surface area (Å²) in [5.74, 6) is 1.04. The third-order valence-electron chi connectivity index (χ3n) is 4.50. The molecule has 0 saturated heterocycles. The highest BCUT2D eigenvalue weighted by Crippen LogP contribution is 2.24. The highest BCUT2D eigenvalue weighted by Gasteiger charge is 2.26. The van der Waals surface area contributed by atoms with Gasteiger partial charge < -0.3 is 24.1 Å². The van der Waals surface area contributed by atoms with Crippen LogP contribution in [0.2, 0.25) is 0 Å². The number of benzene rings is 2. The SMILES string of the molecule is COc1cc(CCC(=O)OC(C(=O)Nc2cc(C)on2)c2ccccc2)cc(OC)c1. The molecule has 3 aromatic rings. The Hall–Kier alpha value is -3.81. The Labute approximate surface area is 180 Å². The molecule has 1 N–H and O–H groups in total. The molecule has 1 aromatic heterocycles. The fourth-order valence-corrected chi connectivity index (χ4v) is 2.97. The molecule has 2 aromatic carbocycles. The van der Waals surface area contributed by atoms with Gasteiger partial charge in [-0.2, -0.15) is 0 Å². The van der Waals surface area contributed by atoms with Gasteiger partial charge in [-0.05, 0) is 31.0 Å². The van der Waals surface area contributed by atoms with Crippen molar-refractivity contribution >= 4 is 17.7 Å². The fraction of sp³-hybridized carbons (Fsp3) is 0.261. The smallest absolute Gasteiger partial charge is 0.307 e. The van der Waals surface area contributed by atoms with E-state index in [0.717, 1.165) is 5.56 Å². The molecule has 0 bridgehead atoms. The lowest BCUT2D eigenvalue weighted by Gasteiger charge is -2.17. The number of anilines is 1. The highest BCUT2D eigenvalue weighted by atomic mass is 16.5. The quantitative estimate of drug-likeness (QED) is 0.521. The van der Waals surface area contributed by atoms with Crippen LogP contribution in [-0.2, 0) is 20.7 Å². The van der Waals surface area contributed by atoms with Gasteiger partial charge in [0.1, 0.15) is 17.3 Å². The number of methoxy groups -OCH3 is 2. The molecule has 1 unspecified atom stereocenters. The van der Waals surface area contributed by atoms with Gasteiger partial charge in [0.25, 0.3) is 5.91 Å². The van der Waals surface area contributed by atoms with Crippen molar-refractivity contribution in [3.63, 3.8) is 0 Å². The van der Waals surface area contributed by atoms with Gasteiger partial charge in [-0.15, -0.1) is 0 Å². The van der Waals surface area contributed by atoms with Crippen LogP contribution >= 0.6 is 0 Å². The van der Waals surface area contributed by atoms with Crippen molar-refractivity contribution in [2.45, 2.75) is 25.9 Å². The first-order valence-electron chi connectivity index (χ1n) is 9.69. The Bertz CT molecular complexity index is 1010. The van der Waals surface area contributed by atoms with Crippen LogP contribution < -0.4 is 14.8 Å². The van der Waals surface area contributed by atoms with Gasteiger partial charge in [-0.3, -0.25) is 9.59 Å². The summed E-state index contributed by atoms with van der Waals surface area (Å²) in [4.78, 5) is 25.4. The van der Waals surface area contributed by atoms with Gasteiger partial charge in [0.15, 0.2) is 5.82 Å². The van der Waals surface area contributed by atoms with E-state index in [2.05, 4.69) is 10.5 Å². The molecule has 1 atom stereocenters. The zero-order valence-corrected chi connectivity index (χ0v) is 17.6. The lowest BCUT2D eigenvalue weighted by atomic mass is 10.1. The summed E-state index contributed by atoms with van der Waals surface area (Å²) in [6.45, 7) is 1.71. The van der Waals surface area contributed by atoms with Gasteiger partial charge in [0.05, 0.1) is 14.2 Å². The van der Waals surface area contributed by atoms with Crippen molar-refractivity contribution in [1.29, 1.82) is 0 Å². The van der Waals surface area contributed by atoms with Crippen LogP contribution in [0.3, 0.4) is 0 Å². The number of aromatic nitrogens is 1. The first kappa shape index (κ1) is 21.9. The van der Waals surface area contributed by atoms with Crippen molar-refractivity contribution in [2.24, 2.45) is 0 Å². The van der Waals surface area contributed by atoms with Crippen LogP contribution in [0, 0.1) is 6.92 Å². The normalized spacial score (nSPS) is 11.5. The summed E-state index contributed by atoms with van der Waals surface area (Å²) in [5, 5.41) is 6.37. The summed E-state index contributed by atoms with van der Waals surface area (Å²) >= 11 is 0. The molecule has 0 aliphatic heterocycles. The van der Waals surface area contributed by atoms with Gasteiger partial charge >= 0.3 is 5.97 Å². The molecule has 8 nitrogen and oxygen atoms in total. The maximum Gasteiger partial charge on any atom is 0.307 e.